The van der Waals surface area contributed by atoms with Gasteiger partial charge in [0.2, 0.25) is 0 Å². The van der Waals surface area contributed by atoms with E-state index in [-0.39, 0.29) is 23.2 Å². The lowest BCUT2D eigenvalue weighted by molar-refractivity contribution is 0.683. The fourth-order valence-electron chi connectivity index (χ4n) is 9.41. The summed E-state index contributed by atoms with van der Waals surface area (Å²) in [5, 5.41) is 0. The molecule has 1 spiro atoms. The quantitative estimate of drug-likeness (QED) is 0.199. The van der Waals surface area contributed by atoms with Gasteiger partial charge in [0.05, 0.1) is 5.41 Å². The first kappa shape index (κ1) is 25.5. The highest BCUT2D eigenvalue weighted by atomic mass is 15.0. The van der Waals surface area contributed by atoms with Crippen LogP contribution in [0.25, 0.3) is 22.8 Å². The van der Waals surface area contributed by atoms with E-state index in [9.17, 15) is 0 Å². The molecule has 0 amide bonds. The van der Waals surface area contributed by atoms with Gasteiger partial charge in [-0.3, -0.25) is 0 Å². The summed E-state index contributed by atoms with van der Waals surface area (Å²) >= 11 is 0. The third-order valence-electron chi connectivity index (χ3n) is 11.2. The molecule has 220 valence electrons. The van der Waals surface area contributed by atoms with Crippen LogP contribution in [-0.2, 0) is 5.41 Å². The average molecular weight is 600 g/mol. The van der Waals surface area contributed by atoms with Crippen LogP contribution in [0.5, 0.6) is 0 Å². The van der Waals surface area contributed by atoms with E-state index < -0.39 is 0 Å². The molecular formula is C44H29N3. The van der Waals surface area contributed by atoms with Crippen molar-refractivity contribution in [1.29, 1.82) is 0 Å². The molecule has 7 aliphatic carbocycles. The van der Waals surface area contributed by atoms with E-state index >= 15 is 0 Å². The average Bonchev–Trinajstić information content (AvgIpc) is 3.28. The van der Waals surface area contributed by atoms with Gasteiger partial charge in [-0.25, -0.2) is 15.0 Å². The van der Waals surface area contributed by atoms with E-state index in [1.807, 2.05) is 6.92 Å². The van der Waals surface area contributed by atoms with Gasteiger partial charge in [-0.2, -0.15) is 0 Å². The van der Waals surface area contributed by atoms with Crippen LogP contribution in [0.4, 0.5) is 0 Å². The first-order chi connectivity index (χ1) is 23.2. The third kappa shape index (κ3) is 3.28. The van der Waals surface area contributed by atoms with E-state index in [1.54, 1.807) is 0 Å². The highest BCUT2D eigenvalue weighted by molar-refractivity contribution is 5.75. The Balaban J connectivity index is 1.04. The van der Waals surface area contributed by atoms with Crippen molar-refractivity contribution in [2.75, 3.05) is 0 Å². The Bertz CT molecular complexity index is 2420. The minimum absolute atomic E-state index is 0.198. The molecule has 0 aliphatic heterocycles. The van der Waals surface area contributed by atoms with Crippen molar-refractivity contribution in [1.82, 2.24) is 15.0 Å². The zero-order valence-corrected chi connectivity index (χ0v) is 25.9. The molecular weight excluding hydrogens is 571 g/mol. The lowest BCUT2D eigenvalue weighted by atomic mass is 9.57. The summed E-state index contributed by atoms with van der Waals surface area (Å²) in [7, 11) is 0. The Morgan fingerprint density at radius 3 is 1.74 bits per heavy atom. The third-order valence-corrected chi connectivity index (χ3v) is 11.2. The topological polar surface area (TPSA) is 38.7 Å². The van der Waals surface area contributed by atoms with Crippen molar-refractivity contribution in [3.63, 3.8) is 0 Å². The summed E-state index contributed by atoms with van der Waals surface area (Å²) in [6.07, 6.45) is 11.5. The summed E-state index contributed by atoms with van der Waals surface area (Å²) in [6.45, 7) is 1.98. The zero-order valence-electron chi connectivity index (χ0n) is 25.9. The van der Waals surface area contributed by atoms with Gasteiger partial charge in [0, 0.05) is 28.9 Å². The minimum atomic E-state index is -0.252. The van der Waals surface area contributed by atoms with Crippen LogP contribution in [0.15, 0.2) is 145 Å². The van der Waals surface area contributed by atoms with Gasteiger partial charge >= 0.3 is 0 Å². The lowest BCUT2D eigenvalue weighted by Gasteiger charge is -2.46. The molecule has 0 radical (unpaired) electrons. The Morgan fingerprint density at radius 2 is 1.04 bits per heavy atom. The molecule has 2 unspecified atom stereocenters. The van der Waals surface area contributed by atoms with Gasteiger partial charge in [-0.15, -0.1) is 0 Å². The van der Waals surface area contributed by atoms with E-state index in [2.05, 4.69) is 140 Å². The molecule has 0 fully saturated rings. The van der Waals surface area contributed by atoms with Gasteiger partial charge in [0.15, 0.2) is 11.6 Å². The highest BCUT2D eigenvalue weighted by Gasteiger charge is 2.47. The molecule has 3 nitrogen and oxygen atoms in total. The van der Waals surface area contributed by atoms with Crippen LogP contribution >= 0.6 is 0 Å². The Morgan fingerprint density at radius 1 is 0.489 bits per heavy atom. The maximum absolute atomic E-state index is 5.15. The van der Waals surface area contributed by atoms with Crippen molar-refractivity contribution in [3.05, 3.63) is 207 Å². The molecule has 0 saturated carbocycles. The SMILES string of the molecule is Cc1nc(-c2ccc3c(c2)C2C4=CC3(C=CC=C4)c3ccccc32)nc(-c2ccc3c(c2)C2c4ccccc4C3c3ccccc32)n1. The Kier molecular flexibility index (Phi) is 4.88. The molecule has 2 atom stereocenters. The Hall–Kier alpha value is -5.67. The van der Waals surface area contributed by atoms with Crippen molar-refractivity contribution >= 4 is 0 Å². The van der Waals surface area contributed by atoms with Crippen molar-refractivity contribution in [2.24, 2.45) is 0 Å². The molecule has 1 heterocycles. The van der Waals surface area contributed by atoms with Crippen LogP contribution in [0, 0.1) is 6.92 Å². The minimum Gasteiger partial charge on any atom is -0.213 e. The van der Waals surface area contributed by atoms with E-state index in [0.29, 0.717) is 0 Å². The summed E-state index contributed by atoms with van der Waals surface area (Å²) < 4.78 is 0. The molecule has 5 aromatic carbocycles. The fourth-order valence-corrected chi connectivity index (χ4v) is 9.41. The predicted molar refractivity (Wildman–Crippen MR) is 186 cm³/mol. The Labute approximate surface area is 273 Å². The number of hydrogen-bond acceptors (Lipinski definition) is 3. The molecule has 1 aromatic heterocycles. The second-order valence-corrected chi connectivity index (χ2v) is 13.6. The molecule has 3 heteroatoms. The number of allylic oxidation sites excluding steroid dienone is 6. The van der Waals surface area contributed by atoms with Crippen LogP contribution in [-0.4, -0.2) is 15.0 Å². The first-order valence-corrected chi connectivity index (χ1v) is 16.6. The summed E-state index contributed by atoms with van der Waals surface area (Å²) in [4.78, 5) is 14.9. The number of hydrogen-bond donors (Lipinski definition) is 0. The molecule has 47 heavy (non-hydrogen) atoms. The normalized spacial score (nSPS) is 22.8. The van der Waals surface area contributed by atoms with Crippen molar-refractivity contribution in [3.8, 4) is 22.8 Å². The number of aromatic nitrogens is 3. The monoisotopic (exact) mass is 599 g/mol. The smallest absolute Gasteiger partial charge is 0.163 e. The van der Waals surface area contributed by atoms with Crippen LogP contribution < -0.4 is 0 Å². The molecule has 7 aliphatic rings. The zero-order chi connectivity index (χ0) is 30.9. The van der Waals surface area contributed by atoms with Crippen LogP contribution in [0.1, 0.15) is 79.2 Å². The number of rotatable bonds is 2. The molecule has 6 aromatic rings. The number of aryl methyl sites for hydroxylation is 1. The molecule has 5 bridgehead atoms. The van der Waals surface area contributed by atoms with E-state index in [1.165, 1.54) is 61.2 Å². The summed E-state index contributed by atoms with van der Waals surface area (Å²) in [6, 6.07) is 40.6. The van der Waals surface area contributed by atoms with Gasteiger partial charge < -0.3 is 0 Å². The predicted octanol–water partition coefficient (Wildman–Crippen LogP) is 9.30. The molecule has 13 rings (SSSR count). The standard InChI is InChI=1S/C44H29N3/c1-25-45-42(26-17-19-33-35(22-26)41-31-13-4-2-11-29(31)40(33)30-12-3-5-14-32(30)41)47-43(46-25)27-18-20-38-36(23-27)39-28-10-8-9-21-44(38,24-28)37-16-7-6-15-34(37)39/h2-24,39-41H,1H3. The van der Waals surface area contributed by atoms with Gasteiger partial charge in [0.1, 0.15) is 5.82 Å². The summed E-state index contributed by atoms with van der Waals surface area (Å²) in [5.74, 6) is 2.84. The second kappa shape index (κ2) is 8.98. The second-order valence-electron chi connectivity index (χ2n) is 13.6. The number of nitrogens with zero attached hydrogens (tertiary/aromatic N) is 3. The molecule has 0 saturated heterocycles. The molecule has 0 N–H and O–H groups in total. The van der Waals surface area contributed by atoms with Crippen molar-refractivity contribution < 1.29 is 0 Å². The van der Waals surface area contributed by atoms with E-state index in [4.69, 9.17) is 15.0 Å². The number of benzene rings is 5. The van der Waals surface area contributed by atoms with Crippen molar-refractivity contribution in [2.45, 2.75) is 30.1 Å². The van der Waals surface area contributed by atoms with Crippen LogP contribution in [0.2, 0.25) is 0 Å². The highest BCUT2D eigenvalue weighted by Crippen LogP contribution is 2.58. The van der Waals surface area contributed by atoms with Gasteiger partial charge in [-0.1, -0.05) is 127 Å². The first-order valence-electron chi connectivity index (χ1n) is 16.6. The lowest BCUT2D eigenvalue weighted by Crippen LogP contribution is -2.36. The van der Waals surface area contributed by atoms with Crippen LogP contribution in [0.3, 0.4) is 0 Å². The van der Waals surface area contributed by atoms with Gasteiger partial charge in [-0.05, 0) is 80.3 Å². The summed E-state index contributed by atoms with van der Waals surface area (Å²) in [5.41, 5.74) is 17.1. The van der Waals surface area contributed by atoms with Gasteiger partial charge in [0.25, 0.3) is 0 Å². The fraction of sp³-hybridized carbons (Fsp3) is 0.114. The largest absolute Gasteiger partial charge is 0.213 e. The maximum Gasteiger partial charge on any atom is 0.163 e. The van der Waals surface area contributed by atoms with E-state index in [0.717, 1.165) is 28.6 Å². The maximum atomic E-state index is 5.15.